The molecule has 21 heavy (non-hydrogen) atoms. The maximum Gasteiger partial charge on any atom is 0.160 e. The van der Waals surface area contributed by atoms with Gasteiger partial charge in [-0.2, -0.15) is 0 Å². The van der Waals surface area contributed by atoms with Crippen LogP contribution < -0.4 is 9.47 Å². The van der Waals surface area contributed by atoms with Gasteiger partial charge < -0.3 is 9.47 Å². The van der Waals surface area contributed by atoms with E-state index in [9.17, 15) is 0 Å². The maximum atomic E-state index is 5.36. The Kier molecular flexibility index (Phi) is 6.37. The molecule has 2 aromatic rings. The van der Waals surface area contributed by atoms with Crippen LogP contribution in [0.1, 0.15) is 16.0 Å². The van der Waals surface area contributed by atoms with Crippen molar-refractivity contribution < 1.29 is 9.47 Å². The van der Waals surface area contributed by atoms with Crippen molar-refractivity contribution in [3.05, 3.63) is 55.6 Å². The molecule has 2 nitrogen and oxygen atoms in total. The molecule has 0 heterocycles. The van der Waals surface area contributed by atoms with E-state index >= 15 is 0 Å². The van der Waals surface area contributed by atoms with Crippen LogP contribution in [0.25, 0.3) is 0 Å². The van der Waals surface area contributed by atoms with E-state index in [4.69, 9.17) is 9.47 Å². The summed E-state index contributed by atoms with van der Waals surface area (Å²) in [5.41, 5.74) is 2.48. The second-order valence-corrected chi connectivity index (χ2v) is 7.71. The largest absolute Gasteiger partial charge is 0.493 e. The Morgan fingerprint density at radius 3 is 2.43 bits per heavy atom. The number of hydrogen-bond donors (Lipinski definition) is 0. The van der Waals surface area contributed by atoms with E-state index in [0.717, 1.165) is 22.4 Å². The quantitative estimate of drug-likeness (QED) is 0.365. The number of rotatable bonds is 5. The molecule has 0 amide bonds. The third-order valence-corrected chi connectivity index (χ3v) is 5.45. The first kappa shape index (κ1) is 17.1. The summed E-state index contributed by atoms with van der Waals surface area (Å²) in [6, 6.07) is 12.4. The summed E-state index contributed by atoms with van der Waals surface area (Å²) in [6.07, 6.45) is 0.882. The molecule has 0 saturated carbocycles. The fourth-order valence-corrected chi connectivity index (χ4v) is 4.35. The molecular weight excluding hydrogens is 511 g/mol. The van der Waals surface area contributed by atoms with Gasteiger partial charge in [0.05, 0.1) is 14.2 Å². The second kappa shape index (κ2) is 7.83. The Hall–Kier alpha value is -0.270. The molecule has 0 N–H and O–H groups in total. The minimum Gasteiger partial charge on any atom is -0.493 e. The van der Waals surface area contributed by atoms with E-state index in [1.54, 1.807) is 14.2 Å². The zero-order valence-corrected chi connectivity index (χ0v) is 17.0. The lowest BCUT2D eigenvalue weighted by molar-refractivity contribution is 0.354. The van der Waals surface area contributed by atoms with Crippen molar-refractivity contribution >= 4 is 54.5 Å². The van der Waals surface area contributed by atoms with E-state index < -0.39 is 0 Å². The molecule has 0 saturated heterocycles. The lowest BCUT2D eigenvalue weighted by Crippen LogP contribution is -1.99. The number of alkyl halides is 1. The van der Waals surface area contributed by atoms with Crippen LogP contribution in [0.3, 0.4) is 0 Å². The minimum absolute atomic E-state index is 0.250. The number of hydrogen-bond acceptors (Lipinski definition) is 2. The third kappa shape index (κ3) is 4.36. The maximum absolute atomic E-state index is 5.36. The molecule has 2 rings (SSSR count). The zero-order valence-electron chi connectivity index (χ0n) is 11.7. The fourth-order valence-electron chi connectivity index (χ4n) is 2.08. The van der Waals surface area contributed by atoms with Gasteiger partial charge >= 0.3 is 0 Å². The van der Waals surface area contributed by atoms with Crippen LogP contribution in [-0.4, -0.2) is 14.2 Å². The van der Waals surface area contributed by atoms with Crippen LogP contribution in [-0.2, 0) is 6.42 Å². The Morgan fingerprint density at radius 1 is 1.05 bits per heavy atom. The summed E-state index contributed by atoms with van der Waals surface area (Å²) < 4.78 is 13.0. The number of halogens is 3. The van der Waals surface area contributed by atoms with E-state index in [2.05, 4.69) is 78.7 Å². The van der Waals surface area contributed by atoms with Gasteiger partial charge in [-0.1, -0.05) is 37.9 Å². The Labute approximate surface area is 155 Å². The first-order valence-electron chi connectivity index (χ1n) is 6.35. The average molecular weight is 526 g/mol. The van der Waals surface area contributed by atoms with E-state index in [1.165, 1.54) is 14.7 Å². The lowest BCUT2D eigenvalue weighted by atomic mass is 10.0. The summed E-state index contributed by atoms with van der Waals surface area (Å²) in [7, 11) is 3.30. The predicted octanol–water partition coefficient (Wildman–Crippen LogP) is 5.75. The molecule has 0 aromatic heterocycles. The van der Waals surface area contributed by atoms with Gasteiger partial charge in [0.15, 0.2) is 11.5 Å². The molecule has 0 bridgehead atoms. The van der Waals surface area contributed by atoms with Crippen LogP contribution in [0.5, 0.6) is 11.5 Å². The molecule has 1 unspecified atom stereocenters. The topological polar surface area (TPSA) is 18.5 Å². The fraction of sp³-hybridized carbons (Fsp3) is 0.250. The molecule has 2 aromatic carbocycles. The molecule has 0 fully saturated rings. The molecule has 0 spiro atoms. The number of methoxy groups -OCH3 is 2. The summed E-state index contributed by atoms with van der Waals surface area (Å²) in [5, 5.41) is 0. The molecule has 1 atom stereocenters. The van der Waals surface area contributed by atoms with Gasteiger partial charge in [0, 0.05) is 12.9 Å². The van der Waals surface area contributed by atoms with Gasteiger partial charge in [0.2, 0.25) is 0 Å². The summed E-state index contributed by atoms with van der Waals surface area (Å²) in [6.45, 7) is 0. The molecule has 5 heteroatoms. The van der Waals surface area contributed by atoms with Crippen LogP contribution in [0.2, 0.25) is 0 Å². The van der Waals surface area contributed by atoms with Crippen molar-refractivity contribution in [2.24, 2.45) is 0 Å². The minimum atomic E-state index is 0.250. The highest BCUT2D eigenvalue weighted by atomic mass is 127. The SMILES string of the molecule is COc1ccc(CC(Br)c2cc(Br)ccc2I)cc1OC. The first-order valence-corrected chi connectivity index (χ1v) is 9.13. The Morgan fingerprint density at radius 2 is 1.76 bits per heavy atom. The van der Waals surface area contributed by atoms with Crippen molar-refractivity contribution in [3.8, 4) is 11.5 Å². The summed E-state index contributed by atoms with van der Waals surface area (Å²) in [4.78, 5) is 0.250. The van der Waals surface area contributed by atoms with Crippen LogP contribution in [0.15, 0.2) is 40.9 Å². The standard InChI is InChI=1S/C16H15Br2IO2/c1-20-15-6-3-10(8-16(15)21-2)7-13(18)12-9-11(17)4-5-14(12)19/h3-6,8-9,13H,7H2,1-2H3. The highest BCUT2D eigenvalue weighted by Gasteiger charge is 2.14. The Bertz CT molecular complexity index is 632. The van der Waals surface area contributed by atoms with Crippen molar-refractivity contribution in [1.82, 2.24) is 0 Å². The van der Waals surface area contributed by atoms with Gasteiger partial charge in [0.25, 0.3) is 0 Å². The van der Waals surface area contributed by atoms with Gasteiger partial charge in [-0.3, -0.25) is 0 Å². The van der Waals surface area contributed by atoms with Crippen molar-refractivity contribution in [2.75, 3.05) is 14.2 Å². The predicted molar refractivity (Wildman–Crippen MR) is 102 cm³/mol. The second-order valence-electron chi connectivity index (χ2n) is 4.53. The molecule has 0 radical (unpaired) electrons. The van der Waals surface area contributed by atoms with Gasteiger partial charge in [0.1, 0.15) is 0 Å². The molecule has 112 valence electrons. The number of ether oxygens (including phenoxy) is 2. The van der Waals surface area contributed by atoms with Crippen LogP contribution >= 0.6 is 54.5 Å². The summed E-state index contributed by atoms with van der Waals surface area (Å²) >= 11 is 9.69. The Balaban J connectivity index is 2.23. The normalized spacial score (nSPS) is 12.0. The van der Waals surface area contributed by atoms with Gasteiger partial charge in [-0.25, -0.2) is 0 Å². The molecular formula is C16H15Br2IO2. The highest BCUT2D eigenvalue weighted by Crippen LogP contribution is 2.35. The van der Waals surface area contributed by atoms with E-state index in [0.29, 0.717) is 0 Å². The van der Waals surface area contributed by atoms with Crippen LogP contribution in [0.4, 0.5) is 0 Å². The zero-order chi connectivity index (χ0) is 15.4. The summed E-state index contributed by atoms with van der Waals surface area (Å²) in [5.74, 6) is 1.52. The monoisotopic (exact) mass is 524 g/mol. The lowest BCUT2D eigenvalue weighted by Gasteiger charge is -2.14. The highest BCUT2D eigenvalue weighted by molar-refractivity contribution is 14.1. The first-order chi connectivity index (χ1) is 10.0. The van der Waals surface area contributed by atoms with Crippen LogP contribution in [0, 0.1) is 3.57 Å². The van der Waals surface area contributed by atoms with E-state index in [-0.39, 0.29) is 4.83 Å². The van der Waals surface area contributed by atoms with E-state index in [1.807, 2.05) is 12.1 Å². The number of benzene rings is 2. The third-order valence-electron chi connectivity index (χ3n) is 3.16. The molecule has 0 aliphatic rings. The molecule has 0 aliphatic heterocycles. The van der Waals surface area contributed by atoms with Gasteiger partial charge in [-0.15, -0.1) is 0 Å². The van der Waals surface area contributed by atoms with Crippen molar-refractivity contribution in [3.63, 3.8) is 0 Å². The van der Waals surface area contributed by atoms with Crippen molar-refractivity contribution in [1.29, 1.82) is 0 Å². The average Bonchev–Trinajstić information content (AvgIpc) is 2.49. The smallest absolute Gasteiger partial charge is 0.160 e. The van der Waals surface area contributed by atoms with Gasteiger partial charge in [-0.05, 0) is 70.5 Å². The molecule has 0 aliphatic carbocycles. The van der Waals surface area contributed by atoms with Crippen molar-refractivity contribution in [2.45, 2.75) is 11.2 Å².